The molecule has 1 saturated carbocycles. The molecule has 0 aromatic rings. The van der Waals surface area contributed by atoms with Crippen molar-refractivity contribution < 1.29 is 38.5 Å². The molecule has 23 heavy (non-hydrogen) atoms. The van der Waals surface area contributed by atoms with Gasteiger partial charge in [0.15, 0.2) is 11.9 Å². The van der Waals surface area contributed by atoms with Gasteiger partial charge >= 0.3 is 17.9 Å². The highest BCUT2D eigenvalue weighted by atomic mass is 16.6. The molecule has 1 heterocycles. The summed E-state index contributed by atoms with van der Waals surface area (Å²) >= 11 is 0. The van der Waals surface area contributed by atoms with Crippen molar-refractivity contribution in [2.24, 2.45) is 17.8 Å². The molecule has 0 aromatic carbocycles. The number of methoxy groups -OCH3 is 1. The van der Waals surface area contributed by atoms with Crippen LogP contribution in [-0.2, 0) is 33.4 Å². The number of aliphatic hydroxyl groups is 1. The van der Waals surface area contributed by atoms with E-state index in [-0.39, 0.29) is 5.57 Å². The highest BCUT2D eigenvalue weighted by Crippen LogP contribution is 2.46. The first-order valence-electron chi connectivity index (χ1n) is 7.08. The number of carbonyl (C=O) groups is 4. The first-order valence-corrected chi connectivity index (χ1v) is 7.08. The summed E-state index contributed by atoms with van der Waals surface area (Å²) in [6, 6.07) is 0. The Balaban J connectivity index is 2.43. The van der Waals surface area contributed by atoms with Crippen molar-refractivity contribution in [2.75, 3.05) is 7.11 Å². The molecule has 1 N–H and O–H groups in total. The second-order valence-electron chi connectivity index (χ2n) is 6.06. The molecule has 0 radical (unpaired) electrons. The third-order valence-electron chi connectivity index (χ3n) is 4.08. The van der Waals surface area contributed by atoms with E-state index in [1.165, 1.54) is 6.92 Å². The van der Waals surface area contributed by atoms with Crippen molar-refractivity contribution in [3.8, 4) is 0 Å². The summed E-state index contributed by atoms with van der Waals surface area (Å²) in [7, 11) is 1.11. The van der Waals surface area contributed by atoms with E-state index in [9.17, 15) is 24.3 Å². The number of ketones is 1. The van der Waals surface area contributed by atoms with Gasteiger partial charge in [-0.2, -0.15) is 0 Å². The highest BCUT2D eigenvalue weighted by molar-refractivity contribution is 6.06. The molecule has 2 aliphatic rings. The number of Topliss-reactive ketones (excluding diaryl/α,β-unsaturated/α-hetero) is 1. The zero-order valence-electron chi connectivity index (χ0n) is 13.2. The zero-order valence-corrected chi connectivity index (χ0v) is 13.2. The number of fused-ring (bicyclic) bond motifs is 1. The molecule has 0 spiro atoms. The molecule has 0 saturated heterocycles. The fourth-order valence-electron chi connectivity index (χ4n) is 2.81. The summed E-state index contributed by atoms with van der Waals surface area (Å²) < 4.78 is 14.4. The maximum absolute atomic E-state index is 12.6. The van der Waals surface area contributed by atoms with Crippen LogP contribution in [0.1, 0.15) is 20.8 Å². The van der Waals surface area contributed by atoms with Crippen LogP contribution in [-0.4, -0.2) is 47.6 Å². The number of hydrogen-bond donors (Lipinski definition) is 1. The van der Waals surface area contributed by atoms with Gasteiger partial charge in [-0.3, -0.25) is 14.4 Å². The summed E-state index contributed by atoms with van der Waals surface area (Å²) in [4.78, 5) is 48.2. The Kier molecular flexibility index (Phi) is 4.30. The molecule has 126 valence electrons. The van der Waals surface area contributed by atoms with Crippen LogP contribution in [0.5, 0.6) is 0 Å². The van der Waals surface area contributed by atoms with Crippen LogP contribution in [0.2, 0.25) is 0 Å². The molecule has 1 aliphatic heterocycles. The molecule has 0 unspecified atom stereocenters. The molecule has 1 fully saturated rings. The monoisotopic (exact) mass is 326 g/mol. The highest BCUT2D eigenvalue weighted by Gasteiger charge is 2.65. The van der Waals surface area contributed by atoms with E-state index in [0.29, 0.717) is 0 Å². The number of rotatable bonds is 3. The minimum absolute atomic E-state index is 0.189. The van der Waals surface area contributed by atoms with Crippen molar-refractivity contribution in [2.45, 2.75) is 32.5 Å². The van der Waals surface area contributed by atoms with E-state index >= 15 is 0 Å². The summed E-state index contributed by atoms with van der Waals surface area (Å²) in [6.45, 7) is 4.34. The number of ether oxygens (including phenoxy) is 3. The maximum atomic E-state index is 12.6. The lowest BCUT2D eigenvalue weighted by molar-refractivity contribution is -0.175. The Labute approximate surface area is 132 Å². The summed E-state index contributed by atoms with van der Waals surface area (Å²) in [6.07, 6.45) is -0.721. The van der Waals surface area contributed by atoms with Gasteiger partial charge in [0.2, 0.25) is 0 Å². The Hall–Kier alpha value is -2.22. The minimum Gasteiger partial charge on any atom is -0.466 e. The number of esters is 3. The van der Waals surface area contributed by atoms with Crippen molar-refractivity contribution >= 4 is 23.7 Å². The summed E-state index contributed by atoms with van der Waals surface area (Å²) in [5.41, 5.74) is -2.18. The van der Waals surface area contributed by atoms with Crippen LogP contribution in [0.25, 0.3) is 0 Å². The fraction of sp³-hybridized carbons (Fsp3) is 0.600. The number of hydrogen-bond acceptors (Lipinski definition) is 8. The minimum atomic E-state index is -1.99. The van der Waals surface area contributed by atoms with Gasteiger partial charge < -0.3 is 19.3 Å². The molecule has 8 heteroatoms. The number of cyclic esters (lactones) is 1. The second kappa shape index (κ2) is 5.77. The van der Waals surface area contributed by atoms with E-state index < -0.39 is 53.1 Å². The van der Waals surface area contributed by atoms with E-state index in [4.69, 9.17) is 9.47 Å². The largest absolute Gasteiger partial charge is 0.466 e. The molecule has 0 amide bonds. The maximum Gasteiger partial charge on any atom is 0.337 e. The molecular weight excluding hydrogens is 308 g/mol. The second-order valence-corrected chi connectivity index (χ2v) is 6.06. The molecule has 1 aliphatic carbocycles. The lowest BCUT2D eigenvalue weighted by Crippen LogP contribution is -2.48. The van der Waals surface area contributed by atoms with E-state index in [1.807, 2.05) is 0 Å². The van der Waals surface area contributed by atoms with Gasteiger partial charge in [-0.1, -0.05) is 13.8 Å². The quantitative estimate of drug-likeness (QED) is 0.557. The van der Waals surface area contributed by atoms with Crippen LogP contribution < -0.4 is 0 Å². The van der Waals surface area contributed by atoms with Crippen LogP contribution in [0.15, 0.2) is 11.8 Å². The van der Waals surface area contributed by atoms with Gasteiger partial charge in [-0.05, 0) is 6.92 Å². The van der Waals surface area contributed by atoms with Crippen LogP contribution in [0.3, 0.4) is 0 Å². The third-order valence-corrected chi connectivity index (χ3v) is 4.08. The van der Waals surface area contributed by atoms with Crippen LogP contribution in [0.4, 0.5) is 0 Å². The van der Waals surface area contributed by atoms with Gasteiger partial charge in [0.25, 0.3) is 0 Å². The molecule has 4 atom stereocenters. The van der Waals surface area contributed by atoms with Crippen LogP contribution >= 0.6 is 0 Å². The summed E-state index contributed by atoms with van der Waals surface area (Å²) in [5, 5.41) is 10.6. The lowest BCUT2D eigenvalue weighted by atomic mass is 9.81. The molecule has 2 rings (SSSR count). The van der Waals surface area contributed by atoms with Gasteiger partial charge in [0.1, 0.15) is 17.8 Å². The Morgan fingerprint density at radius 2 is 1.96 bits per heavy atom. The number of carbonyl (C=O) groups excluding carboxylic acids is 4. The van der Waals surface area contributed by atoms with E-state index in [2.05, 4.69) is 4.74 Å². The predicted molar refractivity (Wildman–Crippen MR) is 73.5 cm³/mol. The van der Waals surface area contributed by atoms with Gasteiger partial charge in [-0.15, -0.1) is 0 Å². The fourth-order valence-corrected chi connectivity index (χ4v) is 2.81. The zero-order chi connectivity index (χ0) is 17.5. The predicted octanol–water partition coefficient (Wildman–Crippen LogP) is -0.266. The van der Waals surface area contributed by atoms with Crippen molar-refractivity contribution in [3.05, 3.63) is 11.8 Å². The Morgan fingerprint density at radius 3 is 2.48 bits per heavy atom. The molecular formula is C15H18O8. The molecule has 0 bridgehead atoms. The summed E-state index contributed by atoms with van der Waals surface area (Å²) in [5.74, 6) is -6.30. The van der Waals surface area contributed by atoms with Crippen LogP contribution in [0, 0.1) is 17.8 Å². The standard InChI is InChI=1S/C15H18O8/c1-6(2)12(17)23-11-10(16)8-7(13(18)21-4)5-22-14(19)9(8)15(11,3)20/h5-6,8-9,11,20H,1-4H3/t8-,9-,11+,15-/m1/s1. The average Bonchev–Trinajstić information content (AvgIpc) is 2.68. The Morgan fingerprint density at radius 1 is 1.35 bits per heavy atom. The first kappa shape index (κ1) is 17.1. The van der Waals surface area contributed by atoms with E-state index in [1.54, 1.807) is 13.8 Å². The normalized spacial score (nSPS) is 33.0. The lowest BCUT2D eigenvalue weighted by Gasteiger charge is -2.31. The molecule has 8 nitrogen and oxygen atoms in total. The first-order chi connectivity index (χ1) is 10.6. The van der Waals surface area contributed by atoms with Crippen molar-refractivity contribution in [3.63, 3.8) is 0 Å². The average molecular weight is 326 g/mol. The van der Waals surface area contributed by atoms with Crippen molar-refractivity contribution in [1.82, 2.24) is 0 Å². The van der Waals surface area contributed by atoms with Gasteiger partial charge in [0.05, 0.1) is 24.5 Å². The topological polar surface area (TPSA) is 116 Å². The van der Waals surface area contributed by atoms with Gasteiger partial charge in [0, 0.05) is 0 Å². The van der Waals surface area contributed by atoms with E-state index in [0.717, 1.165) is 13.4 Å². The Bertz CT molecular complexity index is 601. The SMILES string of the molecule is COC(=O)C1=COC(=O)[C@H]2[C@@H]1C(=O)[C@H](OC(=O)C(C)C)[C@]2(C)O. The van der Waals surface area contributed by atoms with Gasteiger partial charge in [-0.25, -0.2) is 4.79 Å². The van der Waals surface area contributed by atoms with Crippen molar-refractivity contribution in [1.29, 1.82) is 0 Å². The molecule has 0 aromatic heterocycles. The smallest absolute Gasteiger partial charge is 0.337 e. The third kappa shape index (κ3) is 2.63.